The van der Waals surface area contributed by atoms with Crippen LogP contribution in [-0.2, 0) is 9.47 Å². The first kappa shape index (κ1) is 13.8. The highest BCUT2D eigenvalue weighted by atomic mass is 16.5. The number of para-hydroxylation sites is 1. The Hall–Kier alpha value is -1.85. The molecule has 116 valence electrons. The zero-order valence-electron chi connectivity index (χ0n) is 12.5. The highest BCUT2D eigenvalue weighted by Gasteiger charge is 2.45. The van der Waals surface area contributed by atoms with Gasteiger partial charge in [-0.25, -0.2) is 0 Å². The molecule has 3 atom stereocenters. The Kier molecular flexibility index (Phi) is 3.39. The maximum Gasteiger partial charge on any atom is 0.290 e. The summed E-state index contributed by atoms with van der Waals surface area (Å²) in [5, 5.41) is 0.955. The smallest absolute Gasteiger partial charge is 0.290 e. The molecule has 1 saturated carbocycles. The highest BCUT2D eigenvalue weighted by Crippen LogP contribution is 2.33. The Morgan fingerprint density at radius 2 is 2.18 bits per heavy atom. The van der Waals surface area contributed by atoms with Crippen LogP contribution in [0.15, 0.2) is 34.7 Å². The maximum atomic E-state index is 12.8. The number of furan rings is 1. The zero-order chi connectivity index (χ0) is 15.1. The number of carbonyl (C=O) groups is 1. The average molecular weight is 301 g/mol. The SMILES string of the molecule is CO[C@@H]1CC[C@@H]2[C@@H]1OCCN2C(=O)c1cc2ccccc2o1. The number of benzene rings is 1. The molecule has 4 rings (SSSR count). The summed E-state index contributed by atoms with van der Waals surface area (Å²) in [6.45, 7) is 1.15. The van der Waals surface area contributed by atoms with Crippen molar-refractivity contribution in [3.8, 4) is 0 Å². The molecule has 0 N–H and O–H groups in total. The quantitative estimate of drug-likeness (QED) is 0.855. The van der Waals surface area contributed by atoms with E-state index in [-0.39, 0.29) is 24.2 Å². The molecule has 2 aromatic rings. The first-order valence-electron chi connectivity index (χ1n) is 7.72. The van der Waals surface area contributed by atoms with Crippen LogP contribution in [0.4, 0.5) is 0 Å². The number of amides is 1. The van der Waals surface area contributed by atoms with Crippen molar-refractivity contribution in [3.63, 3.8) is 0 Å². The summed E-state index contributed by atoms with van der Waals surface area (Å²) in [6, 6.07) is 9.59. The summed E-state index contributed by atoms with van der Waals surface area (Å²) in [6.07, 6.45) is 1.90. The van der Waals surface area contributed by atoms with Gasteiger partial charge in [0.1, 0.15) is 11.7 Å². The van der Waals surface area contributed by atoms with Gasteiger partial charge in [0.25, 0.3) is 5.91 Å². The van der Waals surface area contributed by atoms with Crippen molar-refractivity contribution in [2.45, 2.75) is 31.1 Å². The van der Waals surface area contributed by atoms with E-state index in [2.05, 4.69) is 0 Å². The fraction of sp³-hybridized carbons (Fsp3) is 0.471. The molecule has 0 radical (unpaired) electrons. The first-order valence-corrected chi connectivity index (χ1v) is 7.72. The maximum absolute atomic E-state index is 12.8. The number of fused-ring (bicyclic) bond motifs is 2. The van der Waals surface area contributed by atoms with Gasteiger partial charge < -0.3 is 18.8 Å². The molecule has 1 amide bonds. The van der Waals surface area contributed by atoms with Crippen LogP contribution in [0.25, 0.3) is 11.0 Å². The van der Waals surface area contributed by atoms with Gasteiger partial charge >= 0.3 is 0 Å². The number of ether oxygens (including phenoxy) is 2. The largest absolute Gasteiger partial charge is 0.451 e. The Labute approximate surface area is 128 Å². The van der Waals surface area contributed by atoms with E-state index < -0.39 is 0 Å². The van der Waals surface area contributed by atoms with Crippen molar-refractivity contribution in [3.05, 3.63) is 36.1 Å². The molecule has 0 spiro atoms. The zero-order valence-corrected chi connectivity index (χ0v) is 12.5. The molecular weight excluding hydrogens is 282 g/mol. The molecule has 1 aromatic heterocycles. The first-order chi connectivity index (χ1) is 10.8. The topological polar surface area (TPSA) is 51.9 Å². The van der Waals surface area contributed by atoms with Crippen LogP contribution in [0, 0.1) is 0 Å². The van der Waals surface area contributed by atoms with E-state index in [0.717, 1.165) is 23.8 Å². The van der Waals surface area contributed by atoms with Gasteiger partial charge in [0.2, 0.25) is 0 Å². The summed E-state index contributed by atoms with van der Waals surface area (Å²) >= 11 is 0. The van der Waals surface area contributed by atoms with Crippen molar-refractivity contribution in [1.82, 2.24) is 4.90 Å². The Morgan fingerprint density at radius 3 is 3.00 bits per heavy atom. The average Bonchev–Trinajstić information content (AvgIpc) is 3.17. The third-order valence-electron chi connectivity index (χ3n) is 4.74. The second-order valence-electron chi connectivity index (χ2n) is 5.90. The lowest BCUT2D eigenvalue weighted by atomic mass is 10.1. The van der Waals surface area contributed by atoms with Gasteiger partial charge in [-0.2, -0.15) is 0 Å². The van der Waals surface area contributed by atoms with Crippen LogP contribution in [0.3, 0.4) is 0 Å². The number of hydrogen-bond donors (Lipinski definition) is 0. The minimum Gasteiger partial charge on any atom is -0.451 e. The van der Waals surface area contributed by atoms with Crippen LogP contribution in [0.5, 0.6) is 0 Å². The molecular formula is C17H19NO4. The molecule has 2 heterocycles. The third-order valence-corrected chi connectivity index (χ3v) is 4.74. The molecule has 1 aromatic carbocycles. The lowest BCUT2D eigenvalue weighted by Gasteiger charge is -2.38. The van der Waals surface area contributed by atoms with Crippen LogP contribution in [-0.4, -0.2) is 49.3 Å². The van der Waals surface area contributed by atoms with E-state index in [1.165, 1.54) is 0 Å². The van der Waals surface area contributed by atoms with E-state index in [4.69, 9.17) is 13.9 Å². The second kappa shape index (κ2) is 5.41. The van der Waals surface area contributed by atoms with Gasteiger partial charge in [-0.05, 0) is 25.0 Å². The summed E-state index contributed by atoms with van der Waals surface area (Å²) < 4.78 is 17.0. The Morgan fingerprint density at radius 1 is 1.32 bits per heavy atom. The van der Waals surface area contributed by atoms with Gasteiger partial charge in [0, 0.05) is 19.0 Å². The van der Waals surface area contributed by atoms with Gasteiger partial charge in [-0.15, -0.1) is 0 Å². The normalized spacial score (nSPS) is 28.0. The fourth-order valence-corrected chi connectivity index (χ4v) is 3.65. The lowest BCUT2D eigenvalue weighted by Crippen LogP contribution is -2.53. The molecule has 0 unspecified atom stereocenters. The molecule has 0 bridgehead atoms. The minimum atomic E-state index is -0.0498. The number of carbonyl (C=O) groups excluding carboxylic acids is 1. The van der Waals surface area contributed by atoms with E-state index in [1.807, 2.05) is 35.2 Å². The van der Waals surface area contributed by atoms with Crippen molar-refractivity contribution in [2.24, 2.45) is 0 Å². The molecule has 22 heavy (non-hydrogen) atoms. The predicted octanol–water partition coefficient (Wildman–Crippen LogP) is 2.45. The third kappa shape index (κ3) is 2.12. The van der Waals surface area contributed by atoms with Crippen molar-refractivity contribution in [1.29, 1.82) is 0 Å². The molecule has 1 saturated heterocycles. The molecule has 1 aliphatic carbocycles. The molecule has 1 aliphatic heterocycles. The van der Waals surface area contributed by atoms with E-state index in [1.54, 1.807) is 7.11 Å². The van der Waals surface area contributed by atoms with E-state index in [9.17, 15) is 4.79 Å². The standard InChI is InChI=1S/C17H19NO4/c1-20-14-7-6-12-16(14)21-9-8-18(12)17(19)15-10-11-4-2-3-5-13(11)22-15/h2-5,10,12,14,16H,6-9H2,1H3/t12-,14-,16+/m1/s1. The van der Waals surface area contributed by atoms with Gasteiger partial charge in [0.15, 0.2) is 5.76 Å². The summed E-state index contributed by atoms with van der Waals surface area (Å²) in [7, 11) is 1.70. The number of morpholine rings is 1. The van der Waals surface area contributed by atoms with Crippen LogP contribution in [0.1, 0.15) is 23.4 Å². The lowest BCUT2D eigenvalue weighted by molar-refractivity contribution is -0.0950. The van der Waals surface area contributed by atoms with Crippen molar-refractivity contribution < 1.29 is 18.7 Å². The number of nitrogens with zero attached hydrogens (tertiary/aromatic N) is 1. The summed E-state index contributed by atoms with van der Waals surface area (Å²) in [5.41, 5.74) is 0.747. The van der Waals surface area contributed by atoms with E-state index in [0.29, 0.717) is 18.9 Å². The Bertz CT molecular complexity index is 662. The number of rotatable bonds is 2. The Balaban J connectivity index is 1.61. The molecule has 2 aliphatic rings. The molecule has 2 fully saturated rings. The van der Waals surface area contributed by atoms with Crippen molar-refractivity contribution in [2.75, 3.05) is 20.3 Å². The van der Waals surface area contributed by atoms with Crippen molar-refractivity contribution >= 4 is 16.9 Å². The molecule has 5 nitrogen and oxygen atoms in total. The van der Waals surface area contributed by atoms with Crippen LogP contribution in [0.2, 0.25) is 0 Å². The summed E-state index contributed by atoms with van der Waals surface area (Å²) in [4.78, 5) is 14.7. The highest BCUT2D eigenvalue weighted by molar-refractivity contribution is 5.96. The van der Waals surface area contributed by atoms with Gasteiger partial charge in [-0.3, -0.25) is 4.79 Å². The van der Waals surface area contributed by atoms with Gasteiger partial charge in [-0.1, -0.05) is 18.2 Å². The minimum absolute atomic E-state index is 0.0212. The van der Waals surface area contributed by atoms with Crippen LogP contribution < -0.4 is 0 Å². The second-order valence-corrected chi connectivity index (χ2v) is 5.90. The van der Waals surface area contributed by atoms with E-state index >= 15 is 0 Å². The number of hydrogen-bond acceptors (Lipinski definition) is 4. The monoisotopic (exact) mass is 301 g/mol. The van der Waals surface area contributed by atoms with Gasteiger partial charge in [0.05, 0.1) is 18.8 Å². The molecule has 5 heteroatoms. The predicted molar refractivity (Wildman–Crippen MR) is 80.8 cm³/mol. The fourth-order valence-electron chi connectivity index (χ4n) is 3.65. The van der Waals surface area contributed by atoms with Crippen LogP contribution >= 0.6 is 0 Å². The summed E-state index contributed by atoms with van der Waals surface area (Å²) in [5.74, 6) is 0.356. The number of methoxy groups -OCH3 is 1.